The third-order valence-corrected chi connectivity index (χ3v) is 7.67. The molecule has 0 amide bonds. The van der Waals surface area contributed by atoms with Crippen LogP contribution < -0.4 is 9.80 Å². The second kappa shape index (κ2) is 8.13. The van der Waals surface area contributed by atoms with Gasteiger partial charge < -0.3 is 9.80 Å². The smallest absolute Gasteiger partial charge is 0.164 e. The molecule has 1 aliphatic carbocycles. The van der Waals surface area contributed by atoms with Gasteiger partial charge in [-0.15, -0.1) is 11.3 Å². The number of halogens is 1. The van der Waals surface area contributed by atoms with Crippen LogP contribution in [0.25, 0.3) is 21.6 Å². The first-order valence-corrected chi connectivity index (χ1v) is 12.1. The zero-order valence-electron chi connectivity index (χ0n) is 17.8. The molecule has 6 rings (SSSR count). The second-order valence-corrected chi connectivity index (χ2v) is 9.54. The Balaban J connectivity index is 1.38. The van der Waals surface area contributed by atoms with E-state index in [4.69, 9.17) is 9.97 Å². The lowest BCUT2D eigenvalue weighted by molar-refractivity contribution is 0.624. The Hall–Kier alpha value is -3.06. The largest absolute Gasteiger partial charge is 0.368 e. The minimum atomic E-state index is -0.194. The molecule has 162 valence electrons. The lowest BCUT2D eigenvalue weighted by Crippen LogP contribution is -2.47. The average molecular weight is 446 g/mol. The fraction of sp³-hybridized carbons (Fsp3) is 0.320. The predicted octanol–water partition coefficient (Wildman–Crippen LogP) is 5.10. The van der Waals surface area contributed by atoms with E-state index in [1.807, 2.05) is 41.8 Å². The first-order chi connectivity index (χ1) is 15.8. The molecule has 4 heterocycles. The maximum Gasteiger partial charge on any atom is 0.164 e. The van der Waals surface area contributed by atoms with Gasteiger partial charge in [0, 0.05) is 54.7 Å². The number of anilines is 2. The highest BCUT2D eigenvalue weighted by atomic mass is 32.1. The van der Waals surface area contributed by atoms with E-state index in [1.165, 1.54) is 40.8 Å². The number of piperazine rings is 1. The molecule has 32 heavy (non-hydrogen) atoms. The van der Waals surface area contributed by atoms with Crippen molar-refractivity contribution in [2.45, 2.75) is 25.7 Å². The van der Waals surface area contributed by atoms with Gasteiger partial charge in [-0.3, -0.25) is 4.98 Å². The molecule has 0 unspecified atom stereocenters. The molecule has 0 saturated carbocycles. The fourth-order valence-electron chi connectivity index (χ4n) is 4.82. The highest BCUT2D eigenvalue weighted by molar-refractivity contribution is 7.19. The number of nitrogens with zero attached hydrogens (tertiary/aromatic N) is 5. The molecule has 0 radical (unpaired) electrons. The van der Waals surface area contributed by atoms with Crippen LogP contribution in [0.4, 0.5) is 15.9 Å². The van der Waals surface area contributed by atoms with Crippen molar-refractivity contribution in [2.24, 2.45) is 0 Å². The van der Waals surface area contributed by atoms with Crippen LogP contribution in [0.3, 0.4) is 0 Å². The van der Waals surface area contributed by atoms with Crippen LogP contribution >= 0.6 is 11.3 Å². The van der Waals surface area contributed by atoms with Gasteiger partial charge in [0.25, 0.3) is 0 Å². The zero-order chi connectivity index (χ0) is 21.5. The monoisotopic (exact) mass is 445 g/mol. The fourth-order valence-corrected chi connectivity index (χ4v) is 6.08. The highest BCUT2D eigenvalue weighted by Gasteiger charge is 2.26. The predicted molar refractivity (Wildman–Crippen MR) is 128 cm³/mol. The van der Waals surface area contributed by atoms with Crippen molar-refractivity contribution < 1.29 is 4.39 Å². The first kappa shape index (κ1) is 19.6. The van der Waals surface area contributed by atoms with E-state index in [0.29, 0.717) is 0 Å². The van der Waals surface area contributed by atoms with Gasteiger partial charge in [0.15, 0.2) is 5.82 Å². The van der Waals surface area contributed by atoms with E-state index in [1.54, 1.807) is 6.20 Å². The highest BCUT2D eigenvalue weighted by Crippen LogP contribution is 2.41. The molecule has 5 nitrogen and oxygen atoms in total. The molecule has 7 heteroatoms. The third-order valence-electron chi connectivity index (χ3n) is 6.49. The molecule has 0 spiro atoms. The number of benzene rings is 1. The summed E-state index contributed by atoms with van der Waals surface area (Å²) in [7, 11) is 0. The van der Waals surface area contributed by atoms with Crippen molar-refractivity contribution in [3.8, 4) is 11.4 Å². The van der Waals surface area contributed by atoms with Crippen molar-refractivity contribution in [2.75, 3.05) is 36.0 Å². The summed E-state index contributed by atoms with van der Waals surface area (Å²) in [6.07, 6.45) is 8.38. The number of pyridine rings is 1. The van der Waals surface area contributed by atoms with Gasteiger partial charge in [-0.1, -0.05) is 0 Å². The summed E-state index contributed by atoms with van der Waals surface area (Å²) in [5, 5.41) is 1.26. The molecule has 1 aliphatic heterocycles. The van der Waals surface area contributed by atoms with E-state index in [9.17, 15) is 4.39 Å². The Labute approximate surface area is 190 Å². The number of aryl methyl sites for hydroxylation is 2. The Morgan fingerprint density at radius 1 is 0.875 bits per heavy atom. The van der Waals surface area contributed by atoms with Crippen molar-refractivity contribution in [1.29, 1.82) is 0 Å². The molecule has 0 N–H and O–H groups in total. The van der Waals surface area contributed by atoms with Gasteiger partial charge in [0.2, 0.25) is 0 Å². The second-order valence-electron chi connectivity index (χ2n) is 8.45. The van der Waals surface area contributed by atoms with Crippen molar-refractivity contribution in [1.82, 2.24) is 15.0 Å². The van der Waals surface area contributed by atoms with Crippen LogP contribution in [0.15, 0.2) is 48.8 Å². The summed E-state index contributed by atoms with van der Waals surface area (Å²) in [6.45, 7) is 3.51. The SMILES string of the molecule is Fc1ccc(N2CCN(c3nc(-c4cccnc4)nc4sc5c(c34)CCCC5)CC2)cc1. The molecule has 1 aromatic carbocycles. The number of hydrogen-bond donors (Lipinski definition) is 0. The van der Waals surface area contributed by atoms with E-state index in [-0.39, 0.29) is 5.82 Å². The third kappa shape index (κ3) is 3.50. The van der Waals surface area contributed by atoms with Crippen LogP contribution in [-0.2, 0) is 12.8 Å². The number of thiophene rings is 1. The molecule has 0 bridgehead atoms. The Bertz CT molecular complexity index is 1250. The number of fused-ring (bicyclic) bond motifs is 3. The van der Waals surface area contributed by atoms with Crippen molar-refractivity contribution >= 4 is 33.1 Å². The maximum absolute atomic E-state index is 13.3. The van der Waals surface area contributed by atoms with Gasteiger partial charge in [0.1, 0.15) is 16.5 Å². The van der Waals surface area contributed by atoms with Crippen LogP contribution in [0.2, 0.25) is 0 Å². The summed E-state index contributed by atoms with van der Waals surface area (Å²) in [4.78, 5) is 21.7. The summed E-state index contributed by atoms with van der Waals surface area (Å²) in [5.74, 6) is 1.62. The van der Waals surface area contributed by atoms with Crippen LogP contribution in [0.1, 0.15) is 23.3 Å². The standard InChI is InChI=1S/C25H24FN5S/c26-18-7-9-19(10-8-18)30-12-14-31(15-13-30)24-22-20-5-1-2-6-21(20)32-25(22)29-23(28-24)17-4-3-11-27-16-17/h3-4,7-11,16H,1-2,5-6,12-15H2. The summed E-state index contributed by atoms with van der Waals surface area (Å²) in [6, 6.07) is 10.8. The molecule has 1 saturated heterocycles. The van der Waals surface area contributed by atoms with Crippen LogP contribution in [-0.4, -0.2) is 41.1 Å². The molecule has 0 atom stereocenters. The van der Waals surface area contributed by atoms with Crippen molar-refractivity contribution in [3.63, 3.8) is 0 Å². The van der Waals surface area contributed by atoms with Crippen LogP contribution in [0.5, 0.6) is 0 Å². The topological polar surface area (TPSA) is 45.2 Å². The lowest BCUT2D eigenvalue weighted by atomic mass is 9.96. The van der Waals surface area contributed by atoms with E-state index in [0.717, 1.165) is 66.7 Å². The molecule has 2 aliphatic rings. The molecular formula is C25H24FN5S. The quantitative estimate of drug-likeness (QED) is 0.439. The first-order valence-electron chi connectivity index (χ1n) is 11.2. The van der Waals surface area contributed by atoms with Crippen LogP contribution in [0, 0.1) is 5.82 Å². The van der Waals surface area contributed by atoms with Crippen molar-refractivity contribution in [3.05, 3.63) is 65.0 Å². The Morgan fingerprint density at radius 2 is 1.66 bits per heavy atom. The van der Waals surface area contributed by atoms with Gasteiger partial charge in [0.05, 0.1) is 5.39 Å². The van der Waals surface area contributed by atoms with E-state index < -0.39 is 0 Å². The Kier molecular flexibility index (Phi) is 4.98. The van der Waals surface area contributed by atoms with E-state index in [2.05, 4.69) is 14.8 Å². The average Bonchev–Trinajstić information content (AvgIpc) is 3.23. The lowest BCUT2D eigenvalue weighted by Gasteiger charge is -2.37. The number of aromatic nitrogens is 3. The van der Waals surface area contributed by atoms with Gasteiger partial charge in [-0.2, -0.15) is 0 Å². The molecule has 4 aromatic rings. The van der Waals surface area contributed by atoms with E-state index >= 15 is 0 Å². The number of rotatable bonds is 3. The summed E-state index contributed by atoms with van der Waals surface area (Å²) >= 11 is 1.84. The minimum absolute atomic E-state index is 0.194. The Morgan fingerprint density at radius 3 is 2.44 bits per heavy atom. The summed E-state index contributed by atoms with van der Waals surface area (Å²) in [5.41, 5.74) is 3.49. The minimum Gasteiger partial charge on any atom is -0.368 e. The van der Waals surface area contributed by atoms with Gasteiger partial charge >= 0.3 is 0 Å². The van der Waals surface area contributed by atoms with Gasteiger partial charge in [-0.05, 0) is 67.6 Å². The molecule has 3 aromatic heterocycles. The zero-order valence-corrected chi connectivity index (χ0v) is 18.6. The molecular weight excluding hydrogens is 421 g/mol. The van der Waals surface area contributed by atoms with Gasteiger partial charge in [-0.25, -0.2) is 14.4 Å². The maximum atomic E-state index is 13.3. The normalized spacial score (nSPS) is 16.4. The summed E-state index contributed by atoms with van der Waals surface area (Å²) < 4.78 is 13.3. The number of hydrogen-bond acceptors (Lipinski definition) is 6. The molecule has 1 fully saturated rings.